The van der Waals surface area contributed by atoms with Gasteiger partial charge in [-0.05, 0) is 49.2 Å². The second-order valence-corrected chi connectivity index (χ2v) is 6.36. The fourth-order valence-electron chi connectivity index (χ4n) is 2.87. The van der Waals surface area contributed by atoms with Gasteiger partial charge in [-0.2, -0.15) is 0 Å². The molecule has 3 rings (SSSR count). The molecule has 0 aliphatic rings. The molecular formula is C22H21FN2O2. The maximum Gasteiger partial charge on any atom is 0.251 e. The number of hydrogen-bond donors (Lipinski definition) is 1. The molecule has 1 N–H and O–H groups in total. The maximum absolute atomic E-state index is 13.7. The summed E-state index contributed by atoms with van der Waals surface area (Å²) in [4.78, 5) is 16.5. The Bertz CT molecular complexity index is 919. The van der Waals surface area contributed by atoms with Crippen LogP contribution in [-0.2, 0) is 13.2 Å². The van der Waals surface area contributed by atoms with E-state index < -0.39 is 0 Å². The highest BCUT2D eigenvalue weighted by molar-refractivity contribution is 5.94. The van der Waals surface area contributed by atoms with Crippen molar-refractivity contribution in [2.24, 2.45) is 0 Å². The Kier molecular flexibility index (Phi) is 5.81. The molecule has 1 aromatic heterocycles. The van der Waals surface area contributed by atoms with Crippen molar-refractivity contribution in [3.8, 4) is 5.75 Å². The smallest absolute Gasteiger partial charge is 0.251 e. The summed E-state index contributed by atoms with van der Waals surface area (Å²) in [5, 5.41) is 2.76. The Morgan fingerprint density at radius 2 is 1.85 bits per heavy atom. The van der Waals surface area contributed by atoms with Gasteiger partial charge in [0.15, 0.2) is 0 Å². The van der Waals surface area contributed by atoms with Crippen molar-refractivity contribution < 1.29 is 13.9 Å². The van der Waals surface area contributed by atoms with Crippen LogP contribution < -0.4 is 10.1 Å². The molecule has 27 heavy (non-hydrogen) atoms. The van der Waals surface area contributed by atoms with Crippen LogP contribution in [0, 0.1) is 19.7 Å². The third-order valence-corrected chi connectivity index (χ3v) is 4.23. The molecule has 2 aromatic carbocycles. The quantitative estimate of drug-likeness (QED) is 0.708. The first-order valence-electron chi connectivity index (χ1n) is 8.69. The van der Waals surface area contributed by atoms with Gasteiger partial charge in [0.1, 0.15) is 18.2 Å². The van der Waals surface area contributed by atoms with E-state index in [0.717, 1.165) is 22.4 Å². The lowest BCUT2D eigenvalue weighted by Crippen LogP contribution is -2.23. The number of carbonyl (C=O) groups is 1. The zero-order valence-corrected chi connectivity index (χ0v) is 15.3. The molecule has 0 saturated heterocycles. The van der Waals surface area contributed by atoms with E-state index in [1.807, 2.05) is 26.0 Å². The van der Waals surface area contributed by atoms with Gasteiger partial charge in [-0.1, -0.05) is 24.3 Å². The maximum atomic E-state index is 13.7. The van der Waals surface area contributed by atoms with Crippen LogP contribution in [0.3, 0.4) is 0 Å². The second-order valence-electron chi connectivity index (χ2n) is 6.36. The number of ether oxygens (including phenoxy) is 1. The Labute approximate surface area is 158 Å². The van der Waals surface area contributed by atoms with Gasteiger partial charge in [0.05, 0.1) is 0 Å². The molecule has 5 heteroatoms. The minimum Gasteiger partial charge on any atom is -0.488 e. The summed E-state index contributed by atoms with van der Waals surface area (Å²) in [6, 6.07) is 13.8. The first kappa shape index (κ1) is 18.6. The van der Waals surface area contributed by atoms with Crippen LogP contribution in [0.1, 0.15) is 32.6 Å². The number of aromatic nitrogens is 1. The molecule has 0 atom stereocenters. The van der Waals surface area contributed by atoms with E-state index in [1.54, 1.807) is 42.7 Å². The molecule has 0 unspecified atom stereocenters. The predicted molar refractivity (Wildman–Crippen MR) is 102 cm³/mol. The van der Waals surface area contributed by atoms with Crippen LogP contribution >= 0.6 is 0 Å². The summed E-state index contributed by atoms with van der Waals surface area (Å²) in [5.74, 6) is 0.178. The third kappa shape index (κ3) is 4.70. The van der Waals surface area contributed by atoms with E-state index >= 15 is 0 Å². The highest BCUT2D eigenvalue weighted by Crippen LogP contribution is 2.26. The highest BCUT2D eigenvalue weighted by atomic mass is 19.1. The molecule has 0 radical (unpaired) electrons. The number of carbonyl (C=O) groups excluding carboxylic acids is 1. The van der Waals surface area contributed by atoms with Crippen LogP contribution in [0.15, 0.2) is 60.9 Å². The summed E-state index contributed by atoms with van der Waals surface area (Å²) in [6.45, 7) is 4.36. The normalized spacial score (nSPS) is 10.5. The highest BCUT2D eigenvalue weighted by Gasteiger charge is 2.12. The minimum absolute atomic E-state index is 0.142. The van der Waals surface area contributed by atoms with Crippen molar-refractivity contribution in [3.05, 3.63) is 94.6 Å². The number of halogens is 1. The number of benzene rings is 2. The number of amides is 1. The van der Waals surface area contributed by atoms with Gasteiger partial charge in [0.2, 0.25) is 0 Å². The Morgan fingerprint density at radius 1 is 1.11 bits per heavy atom. The first-order valence-corrected chi connectivity index (χ1v) is 8.69. The van der Waals surface area contributed by atoms with Crippen LogP contribution in [0.5, 0.6) is 5.75 Å². The molecule has 0 spiro atoms. The molecule has 0 aliphatic heterocycles. The van der Waals surface area contributed by atoms with Crippen molar-refractivity contribution in [1.29, 1.82) is 0 Å². The van der Waals surface area contributed by atoms with Gasteiger partial charge >= 0.3 is 0 Å². The average Bonchev–Trinajstić information content (AvgIpc) is 2.67. The van der Waals surface area contributed by atoms with Crippen molar-refractivity contribution in [1.82, 2.24) is 10.3 Å². The van der Waals surface area contributed by atoms with E-state index in [2.05, 4.69) is 10.3 Å². The lowest BCUT2D eigenvalue weighted by atomic mass is 10.0. The van der Waals surface area contributed by atoms with Crippen molar-refractivity contribution in [3.63, 3.8) is 0 Å². The first-order chi connectivity index (χ1) is 13.0. The summed E-state index contributed by atoms with van der Waals surface area (Å²) in [7, 11) is 0. The largest absolute Gasteiger partial charge is 0.488 e. The number of pyridine rings is 1. The van der Waals surface area contributed by atoms with Crippen molar-refractivity contribution in [2.45, 2.75) is 27.0 Å². The minimum atomic E-state index is -0.329. The number of nitrogens with zero attached hydrogens (tertiary/aromatic N) is 1. The molecule has 1 heterocycles. The lowest BCUT2D eigenvalue weighted by molar-refractivity contribution is 0.0950. The molecule has 0 saturated carbocycles. The molecule has 0 aliphatic carbocycles. The van der Waals surface area contributed by atoms with E-state index in [9.17, 15) is 9.18 Å². The van der Waals surface area contributed by atoms with Crippen molar-refractivity contribution >= 4 is 5.91 Å². The monoisotopic (exact) mass is 364 g/mol. The van der Waals surface area contributed by atoms with Crippen LogP contribution in [-0.4, -0.2) is 10.9 Å². The number of hydrogen-bond acceptors (Lipinski definition) is 3. The van der Waals surface area contributed by atoms with Gasteiger partial charge in [0.25, 0.3) is 5.91 Å². The zero-order valence-electron chi connectivity index (χ0n) is 15.3. The number of rotatable bonds is 6. The number of aryl methyl sites for hydroxylation is 2. The van der Waals surface area contributed by atoms with Crippen LogP contribution in [0.2, 0.25) is 0 Å². The summed E-state index contributed by atoms with van der Waals surface area (Å²) < 4.78 is 19.6. The average molecular weight is 364 g/mol. The molecule has 138 valence electrons. The van der Waals surface area contributed by atoms with E-state index in [-0.39, 0.29) is 18.3 Å². The second kappa shape index (κ2) is 8.45. The van der Waals surface area contributed by atoms with Gasteiger partial charge in [-0.25, -0.2) is 4.39 Å². The van der Waals surface area contributed by atoms with E-state index in [1.165, 1.54) is 6.07 Å². The molecule has 0 fully saturated rings. The fraction of sp³-hybridized carbons (Fsp3) is 0.182. The number of nitrogens with one attached hydrogen (secondary N) is 1. The molecule has 1 amide bonds. The van der Waals surface area contributed by atoms with Crippen LogP contribution in [0.4, 0.5) is 4.39 Å². The van der Waals surface area contributed by atoms with Gasteiger partial charge < -0.3 is 10.1 Å². The van der Waals surface area contributed by atoms with Gasteiger partial charge in [-0.3, -0.25) is 9.78 Å². The van der Waals surface area contributed by atoms with Gasteiger partial charge in [-0.15, -0.1) is 0 Å². The fourth-order valence-corrected chi connectivity index (χ4v) is 2.87. The molecule has 4 nitrogen and oxygen atoms in total. The Balaban J connectivity index is 1.68. The SMILES string of the molecule is Cc1cc(C(=O)NCc2ccccc2F)cc(C)c1OCc1cccnc1. The lowest BCUT2D eigenvalue weighted by Gasteiger charge is -2.14. The summed E-state index contributed by atoms with van der Waals surface area (Å²) in [5.41, 5.74) is 3.69. The zero-order chi connectivity index (χ0) is 19.2. The van der Waals surface area contributed by atoms with E-state index in [4.69, 9.17) is 4.74 Å². The van der Waals surface area contributed by atoms with Gasteiger partial charge in [0, 0.05) is 35.6 Å². The predicted octanol–water partition coefficient (Wildman–Crippen LogP) is 4.35. The topological polar surface area (TPSA) is 51.2 Å². The molecular weight excluding hydrogens is 343 g/mol. The Hall–Kier alpha value is -3.21. The van der Waals surface area contributed by atoms with Crippen molar-refractivity contribution in [2.75, 3.05) is 0 Å². The third-order valence-electron chi connectivity index (χ3n) is 4.23. The van der Waals surface area contributed by atoms with Crippen LogP contribution in [0.25, 0.3) is 0 Å². The molecule has 3 aromatic rings. The Morgan fingerprint density at radius 3 is 2.52 bits per heavy atom. The molecule has 0 bridgehead atoms. The summed E-state index contributed by atoms with van der Waals surface area (Å²) in [6.07, 6.45) is 3.48. The van der Waals surface area contributed by atoms with E-state index in [0.29, 0.717) is 17.7 Å². The standard InChI is InChI=1S/C22H21FN2O2/c1-15-10-19(22(26)25-13-18-7-3-4-8-20(18)23)11-16(2)21(15)27-14-17-6-5-9-24-12-17/h3-12H,13-14H2,1-2H3,(H,25,26). The summed E-state index contributed by atoms with van der Waals surface area (Å²) >= 11 is 0.